The normalized spacial score (nSPS) is 11.3. The molecule has 1 aromatic carbocycles. The average Bonchev–Trinajstić information content (AvgIpc) is 2.50. The standard InChI is InChI=1S/C16H22N2O3/c1-5-9-17-16(19)12-18(2)10-8-13-6-7-14(20-3)15(11-13)21-4/h1,6-7,11H,8-10,12H2,2-4H3,(H,17,19)/p+1. The number of quaternary nitrogens is 1. The van der Waals surface area contributed by atoms with E-state index in [2.05, 4.69) is 11.2 Å². The Bertz CT molecular complexity index is 509. The summed E-state index contributed by atoms with van der Waals surface area (Å²) in [7, 11) is 5.22. The first kappa shape index (κ1) is 16.9. The Morgan fingerprint density at radius 2 is 2.05 bits per heavy atom. The summed E-state index contributed by atoms with van der Waals surface area (Å²) in [6, 6.07) is 5.86. The summed E-state index contributed by atoms with van der Waals surface area (Å²) < 4.78 is 10.5. The van der Waals surface area contributed by atoms with Crippen molar-refractivity contribution in [3.05, 3.63) is 23.8 Å². The molecule has 1 amide bonds. The molecule has 5 heteroatoms. The minimum absolute atomic E-state index is 0.0299. The number of terminal acetylenes is 1. The maximum atomic E-state index is 11.5. The second-order valence-electron chi connectivity index (χ2n) is 4.80. The topological polar surface area (TPSA) is 52.0 Å². The molecule has 0 saturated carbocycles. The van der Waals surface area contributed by atoms with E-state index in [1.54, 1.807) is 14.2 Å². The van der Waals surface area contributed by atoms with Gasteiger partial charge < -0.3 is 19.7 Å². The summed E-state index contributed by atoms with van der Waals surface area (Å²) in [5.74, 6) is 3.80. The van der Waals surface area contributed by atoms with E-state index in [0.29, 0.717) is 6.54 Å². The largest absolute Gasteiger partial charge is 0.493 e. The predicted molar refractivity (Wildman–Crippen MR) is 81.7 cm³/mol. The van der Waals surface area contributed by atoms with Crippen LogP contribution in [0.1, 0.15) is 5.56 Å². The first-order valence-corrected chi connectivity index (χ1v) is 6.83. The van der Waals surface area contributed by atoms with Gasteiger partial charge in [-0.2, -0.15) is 0 Å². The molecule has 2 N–H and O–H groups in total. The van der Waals surface area contributed by atoms with Gasteiger partial charge in [-0.25, -0.2) is 0 Å². The molecule has 1 atom stereocenters. The van der Waals surface area contributed by atoms with Crippen LogP contribution in [0, 0.1) is 12.3 Å². The van der Waals surface area contributed by atoms with Crippen LogP contribution in [-0.2, 0) is 11.2 Å². The van der Waals surface area contributed by atoms with Crippen LogP contribution in [-0.4, -0.2) is 46.8 Å². The van der Waals surface area contributed by atoms with Gasteiger partial charge in [0.1, 0.15) is 0 Å². The molecular weight excluding hydrogens is 268 g/mol. The fourth-order valence-corrected chi connectivity index (χ4v) is 1.97. The molecule has 0 bridgehead atoms. The highest BCUT2D eigenvalue weighted by molar-refractivity contribution is 5.77. The number of carbonyl (C=O) groups excluding carboxylic acids is 1. The van der Waals surface area contributed by atoms with Crippen LogP contribution in [0.3, 0.4) is 0 Å². The van der Waals surface area contributed by atoms with Crippen molar-refractivity contribution < 1.29 is 19.2 Å². The lowest BCUT2D eigenvalue weighted by Gasteiger charge is -2.14. The lowest BCUT2D eigenvalue weighted by molar-refractivity contribution is -0.870. The molecule has 5 nitrogen and oxygen atoms in total. The summed E-state index contributed by atoms with van der Waals surface area (Å²) in [5.41, 5.74) is 1.15. The number of hydrogen-bond acceptors (Lipinski definition) is 3. The van der Waals surface area contributed by atoms with Gasteiger partial charge in [0.2, 0.25) is 0 Å². The second kappa shape index (κ2) is 8.88. The zero-order chi connectivity index (χ0) is 15.7. The summed E-state index contributed by atoms with van der Waals surface area (Å²) >= 11 is 0. The third-order valence-corrected chi connectivity index (χ3v) is 3.14. The number of carbonyl (C=O) groups is 1. The predicted octanol–water partition coefficient (Wildman–Crippen LogP) is -0.490. The number of likely N-dealkylation sites (N-methyl/N-ethyl adjacent to an activating group) is 1. The molecule has 1 aromatic rings. The zero-order valence-electron chi connectivity index (χ0n) is 12.9. The first-order chi connectivity index (χ1) is 10.1. The van der Waals surface area contributed by atoms with Crippen LogP contribution >= 0.6 is 0 Å². The van der Waals surface area contributed by atoms with Gasteiger partial charge in [-0.15, -0.1) is 6.42 Å². The van der Waals surface area contributed by atoms with E-state index in [9.17, 15) is 4.79 Å². The molecule has 0 aromatic heterocycles. The summed E-state index contributed by atoms with van der Waals surface area (Å²) in [4.78, 5) is 12.7. The molecule has 0 heterocycles. The summed E-state index contributed by atoms with van der Waals surface area (Å²) in [6.45, 7) is 1.54. The van der Waals surface area contributed by atoms with Crippen molar-refractivity contribution in [3.8, 4) is 23.8 Å². The average molecular weight is 291 g/mol. The Balaban J connectivity index is 2.48. The minimum Gasteiger partial charge on any atom is -0.493 e. The molecule has 0 radical (unpaired) electrons. The van der Waals surface area contributed by atoms with Gasteiger partial charge in [0.05, 0.1) is 34.4 Å². The van der Waals surface area contributed by atoms with Crippen molar-refractivity contribution in [3.63, 3.8) is 0 Å². The Morgan fingerprint density at radius 3 is 2.67 bits per heavy atom. The smallest absolute Gasteiger partial charge is 0.275 e. The SMILES string of the molecule is C#CCNC(=O)C[NH+](C)CCc1ccc(OC)c(OC)c1. The molecule has 0 saturated heterocycles. The van der Waals surface area contributed by atoms with Crippen LogP contribution in [0.4, 0.5) is 0 Å². The van der Waals surface area contributed by atoms with Crippen molar-refractivity contribution in [1.29, 1.82) is 0 Å². The van der Waals surface area contributed by atoms with Gasteiger partial charge in [0.15, 0.2) is 18.0 Å². The van der Waals surface area contributed by atoms with Crippen molar-refractivity contribution in [2.24, 2.45) is 0 Å². The quantitative estimate of drug-likeness (QED) is 0.636. The molecule has 0 spiro atoms. The molecular formula is C16H23N2O3+. The first-order valence-electron chi connectivity index (χ1n) is 6.83. The zero-order valence-corrected chi connectivity index (χ0v) is 12.9. The lowest BCUT2D eigenvalue weighted by Crippen LogP contribution is -3.10. The molecule has 1 rings (SSSR count). The van der Waals surface area contributed by atoms with Crippen molar-refractivity contribution in [2.45, 2.75) is 6.42 Å². The van der Waals surface area contributed by atoms with Crippen LogP contribution in [0.2, 0.25) is 0 Å². The third-order valence-electron chi connectivity index (χ3n) is 3.14. The minimum atomic E-state index is -0.0299. The molecule has 0 fully saturated rings. The highest BCUT2D eigenvalue weighted by Gasteiger charge is 2.10. The summed E-state index contributed by atoms with van der Waals surface area (Å²) in [5, 5.41) is 2.66. The monoisotopic (exact) mass is 291 g/mol. The molecule has 0 aliphatic carbocycles. The van der Waals surface area contributed by atoms with Crippen molar-refractivity contribution in [1.82, 2.24) is 5.32 Å². The Morgan fingerprint density at radius 1 is 1.33 bits per heavy atom. The summed E-state index contributed by atoms with van der Waals surface area (Å²) in [6.07, 6.45) is 5.96. The number of nitrogens with one attached hydrogen (secondary N) is 2. The maximum Gasteiger partial charge on any atom is 0.275 e. The molecule has 21 heavy (non-hydrogen) atoms. The van der Waals surface area contributed by atoms with E-state index < -0.39 is 0 Å². The lowest BCUT2D eigenvalue weighted by atomic mass is 10.1. The molecule has 0 aliphatic rings. The van der Waals surface area contributed by atoms with E-state index in [1.165, 1.54) is 0 Å². The van der Waals surface area contributed by atoms with Crippen LogP contribution in [0.15, 0.2) is 18.2 Å². The third kappa shape index (κ3) is 5.76. The number of benzene rings is 1. The Hall–Kier alpha value is -2.19. The molecule has 1 unspecified atom stereocenters. The maximum absolute atomic E-state index is 11.5. The van der Waals surface area contributed by atoms with Crippen molar-refractivity contribution in [2.75, 3.05) is 40.9 Å². The highest BCUT2D eigenvalue weighted by Crippen LogP contribution is 2.27. The van der Waals surface area contributed by atoms with E-state index in [0.717, 1.165) is 34.9 Å². The second-order valence-corrected chi connectivity index (χ2v) is 4.80. The fraction of sp³-hybridized carbons (Fsp3) is 0.438. The van der Waals surface area contributed by atoms with Gasteiger partial charge in [0.25, 0.3) is 5.91 Å². The highest BCUT2D eigenvalue weighted by atomic mass is 16.5. The number of rotatable bonds is 8. The fourth-order valence-electron chi connectivity index (χ4n) is 1.97. The number of amides is 1. The van der Waals surface area contributed by atoms with Crippen LogP contribution in [0.25, 0.3) is 0 Å². The van der Waals surface area contributed by atoms with Crippen LogP contribution < -0.4 is 19.7 Å². The van der Waals surface area contributed by atoms with E-state index in [4.69, 9.17) is 15.9 Å². The van der Waals surface area contributed by atoms with Gasteiger partial charge in [-0.1, -0.05) is 12.0 Å². The number of ether oxygens (including phenoxy) is 2. The number of hydrogen-bond donors (Lipinski definition) is 2. The Labute approximate surface area is 126 Å². The van der Waals surface area contributed by atoms with Gasteiger partial charge >= 0.3 is 0 Å². The number of methoxy groups -OCH3 is 2. The Kier molecular flexibility index (Phi) is 7.13. The van der Waals surface area contributed by atoms with Crippen LogP contribution in [0.5, 0.6) is 11.5 Å². The van der Waals surface area contributed by atoms with Crippen molar-refractivity contribution >= 4 is 5.91 Å². The van der Waals surface area contributed by atoms with Gasteiger partial charge in [0, 0.05) is 6.42 Å². The van der Waals surface area contributed by atoms with E-state index in [-0.39, 0.29) is 12.5 Å². The van der Waals surface area contributed by atoms with Gasteiger partial charge in [-0.05, 0) is 17.7 Å². The van der Waals surface area contributed by atoms with E-state index in [1.807, 2.05) is 25.2 Å². The van der Waals surface area contributed by atoms with Gasteiger partial charge in [-0.3, -0.25) is 4.79 Å². The molecule has 114 valence electrons. The van der Waals surface area contributed by atoms with E-state index >= 15 is 0 Å². The molecule has 0 aliphatic heterocycles.